The van der Waals surface area contributed by atoms with E-state index in [1.165, 1.54) is 42.1 Å². The van der Waals surface area contributed by atoms with Crippen LogP contribution in [0.5, 0.6) is 0 Å². The van der Waals surface area contributed by atoms with Crippen LogP contribution in [0.4, 0.5) is 17.1 Å². The average molecular weight is 644 g/mol. The average Bonchev–Trinajstić information content (AvgIpc) is 3.73. The van der Waals surface area contributed by atoms with Gasteiger partial charge >= 0.3 is 0 Å². The van der Waals surface area contributed by atoms with Crippen LogP contribution in [0.25, 0.3) is 75.1 Å². The lowest BCUT2D eigenvalue weighted by Crippen LogP contribution is -2.09. The molecule has 49 heavy (non-hydrogen) atoms. The first kappa shape index (κ1) is 27.9. The number of hydrogen-bond acceptors (Lipinski definition) is 3. The monoisotopic (exact) mass is 643 g/mol. The van der Waals surface area contributed by atoms with Gasteiger partial charge in [0.1, 0.15) is 11.2 Å². The first-order valence-electron chi connectivity index (χ1n) is 16.6. The van der Waals surface area contributed by atoms with Gasteiger partial charge in [0.15, 0.2) is 0 Å². The summed E-state index contributed by atoms with van der Waals surface area (Å²) in [5, 5.41) is 7.39. The van der Waals surface area contributed by atoms with E-state index in [0.29, 0.717) is 0 Å². The lowest BCUT2D eigenvalue weighted by atomic mass is 10.00. The van der Waals surface area contributed by atoms with E-state index in [9.17, 15) is 0 Å². The van der Waals surface area contributed by atoms with Crippen molar-refractivity contribution in [3.8, 4) is 22.3 Å². The third-order valence-electron chi connectivity index (χ3n) is 9.64. The van der Waals surface area contributed by atoms with Gasteiger partial charge in [-0.05, 0) is 99.8 Å². The van der Waals surface area contributed by atoms with Crippen molar-refractivity contribution in [2.45, 2.75) is 0 Å². The van der Waals surface area contributed by atoms with E-state index in [2.05, 4.69) is 169 Å². The van der Waals surface area contributed by atoms with Crippen molar-refractivity contribution >= 4 is 81.3 Å². The molecule has 0 aliphatic heterocycles. The second kappa shape index (κ2) is 11.2. The molecule has 2 heterocycles. The number of thiophene rings is 1. The van der Waals surface area contributed by atoms with Crippen LogP contribution in [-0.4, -0.2) is 0 Å². The topological polar surface area (TPSA) is 16.4 Å². The normalized spacial score (nSPS) is 11.7. The first-order valence-corrected chi connectivity index (χ1v) is 17.4. The largest absolute Gasteiger partial charge is 0.456 e. The minimum absolute atomic E-state index is 0.908. The molecule has 0 radical (unpaired) electrons. The summed E-state index contributed by atoms with van der Waals surface area (Å²) in [7, 11) is 0. The van der Waals surface area contributed by atoms with E-state index in [0.717, 1.165) is 50.1 Å². The molecule has 0 saturated heterocycles. The third-order valence-corrected chi connectivity index (χ3v) is 10.8. The van der Waals surface area contributed by atoms with Crippen LogP contribution in [0, 0.1) is 0 Å². The van der Waals surface area contributed by atoms with Crippen molar-refractivity contribution in [2.75, 3.05) is 4.90 Å². The summed E-state index contributed by atoms with van der Waals surface area (Å²) in [6, 6.07) is 63.4. The van der Waals surface area contributed by atoms with Crippen molar-refractivity contribution < 1.29 is 4.42 Å². The first-order chi connectivity index (χ1) is 24.2. The van der Waals surface area contributed by atoms with Crippen molar-refractivity contribution in [3.63, 3.8) is 0 Å². The second-order valence-electron chi connectivity index (χ2n) is 12.6. The zero-order valence-electron chi connectivity index (χ0n) is 26.5. The summed E-state index contributed by atoms with van der Waals surface area (Å²) in [5.41, 5.74) is 9.90. The summed E-state index contributed by atoms with van der Waals surface area (Å²) in [5.74, 6) is 0. The van der Waals surface area contributed by atoms with Crippen LogP contribution in [0.3, 0.4) is 0 Å². The maximum Gasteiger partial charge on any atom is 0.135 e. The fourth-order valence-electron chi connectivity index (χ4n) is 7.20. The molecule has 0 bridgehead atoms. The molecule has 0 unspecified atom stereocenters. The summed E-state index contributed by atoms with van der Waals surface area (Å²) in [6.07, 6.45) is 0. The molecule has 0 fully saturated rings. The number of hydrogen-bond donors (Lipinski definition) is 0. The molecule has 0 saturated carbocycles. The third kappa shape index (κ3) is 4.78. The van der Waals surface area contributed by atoms with Crippen LogP contribution in [0.15, 0.2) is 180 Å². The van der Waals surface area contributed by atoms with Gasteiger partial charge in [0.2, 0.25) is 0 Å². The lowest BCUT2D eigenvalue weighted by Gasteiger charge is -2.26. The van der Waals surface area contributed by atoms with Crippen molar-refractivity contribution in [2.24, 2.45) is 0 Å². The van der Waals surface area contributed by atoms with Crippen molar-refractivity contribution in [3.05, 3.63) is 176 Å². The van der Waals surface area contributed by atoms with Crippen molar-refractivity contribution in [1.82, 2.24) is 0 Å². The van der Waals surface area contributed by atoms with Gasteiger partial charge in [0, 0.05) is 48.0 Å². The Morgan fingerprint density at radius 2 is 1.00 bits per heavy atom. The number of rotatable bonds is 5. The Hall–Kier alpha value is -6.16. The van der Waals surface area contributed by atoms with Gasteiger partial charge in [-0.2, -0.15) is 0 Å². The molecule has 10 aromatic rings. The molecule has 0 spiro atoms. The smallest absolute Gasteiger partial charge is 0.135 e. The number of benzene rings is 8. The molecule has 2 nitrogen and oxygen atoms in total. The molecule has 3 heteroatoms. The van der Waals surface area contributed by atoms with Crippen LogP contribution in [0.2, 0.25) is 0 Å². The molecule has 0 aliphatic rings. The fourth-order valence-corrected chi connectivity index (χ4v) is 8.34. The highest BCUT2D eigenvalue weighted by Gasteiger charge is 2.17. The van der Waals surface area contributed by atoms with E-state index in [1.54, 1.807) is 0 Å². The zero-order valence-corrected chi connectivity index (χ0v) is 27.3. The number of furan rings is 1. The quantitative estimate of drug-likeness (QED) is 0.186. The van der Waals surface area contributed by atoms with Crippen molar-refractivity contribution in [1.29, 1.82) is 0 Å². The molecular weight excluding hydrogens is 615 g/mol. The predicted molar refractivity (Wildman–Crippen MR) is 210 cm³/mol. The molecule has 0 N–H and O–H groups in total. The van der Waals surface area contributed by atoms with Gasteiger partial charge in [-0.1, -0.05) is 109 Å². The summed E-state index contributed by atoms with van der Waals surface area (Å²) in [4.78, 5) is 2.38. The second-order valence-corrected chi connectivity index (χ2v) is 13.7. The highest BCUT2D eigenvalue weighted by atomic mass is 32.1. The Bertz CT molecular complexity index is 2840. The van der Waals surface area contributed by atoms with E-state index in [-0.39, 0.29) is 0 Å². The Morgan fingerprint density at radius 3 is 1.92 bits per heavy atom. The molecule has 0 amide bonds. The molecule has 10 rings (SSSR count). The van der Waals surface area contributed by atoms with Gasteiger partial charge in [0.25, 0.3) is 0 Å². The minimum atomic E-state index is 0.908. The van der Waals surface area contributed by atoms with Crippen LogP contribution >= 0.6 is 11.3 Å². The van der Waals surface area contributed by atoms with E-state index in [4.69, 9.17) is 4.42 Å². The molecular formula is C46H29NOS. The molecule has 8 aromatic carbocycles. The lowest BCUT2D eigenvalue weighted by molar-refractivity contribution is 0.669. The maximum absolute atomic E-state index is 6.13. The summed E-state index contributed by atoms with van der Waals surface area (Å²) >= 11 is 1.85. The Balaban J connectivity index is 1.10. The van der Waals surface area contributed by atoms with E-state index in [1.807, 2.05) is 23.5 Å². The number of para-hydroxylation sites is 1. The SMILES string of the molecule is c1cc(-c2ccc3oc4ccccc4c3c2)cc(N(c2ccc(-c3ccc4ccccc4c3)cc2)c2ccc3c(c2)sc2ccccc23)c1. The van der Waals surface area contributed by atoms with Gasteiger partial charge in [-0.25, -0.2) is 0 Å². The Morgan fingerprint density at radius 1 is 0.347 bits per heavy atom. The van der Waals surface area contributed by atoms with Crippen LogP contribution in [0.1, 0.15) is 0 Å². The highest BCUT2D eigenvalue weighted by Crippen LogP contribution is 2.42. The standard InChI is InChI=1S/C46H29NOS/c1-2-9-32-26-34(17-16-30(32)8-1)31-18-21-36(22-19-31)47(38-23-24-41-40-13-4-6-15-45(40)49-46(41)29-38)37-11-7-10-33(27-37)35-20-25-44-42(28-35)39-12-3-5-14-43(39)48-44/h1-29H. The molecule has 0 atom stereocenters. The zero-order chi connectivity index (χ0) is 32.3. The molecule has 0 aliphatic carbocycles. The van der Waals surface area contributed by atoms with E-state index >= 15 is 0 Å². The van der Waals surface area contributed by atoms with Gasteiger partial charge in [-0.15, -0.1) is 11.3 Å². The maximum atomic E-state index is 6.13. The predicted octanol–water partition coefficient (Wildman–Crippen LogP) is 13.9. The van der Waals surface area contributed by atoms with Crippen LogP contribution < -0.4 is 4.90 Å². The fraction of sp³-hybridized carbons (Fsp3) is 0. The summed E-state index contributed by atoms with van der Waals surface area (Å²) in [6.45, 7) is 0. The van der Waals surface area contributed by atoms with Gasteiger partial charge in [0.05, 0.1) is 0 Å². The Labute approximate surface area is 287 Å². The minimum Gasteiger partial charge on any atom is -0.456 e. The Kier molecular flexibility index (Phi) is 6.39. The number of fused-ring (bicyclic) bond motifs is 7. The molecule has 2 aromatic heterocycles. The number of nitrogens with zero attached hydrogens (tertiary/aromatic N) is 1. The highest BCUT2D eigenvalue weighted by molar-refractivity contribution is 7.25. The molecule has 230 valence electrons. The van der Waals surface area contributed by atoms with Gasteiger partial charge < -0.3 is 9.32 Å². The number of anilines is 3. The van der Waals surface area contributed by atoms with Gasteiger partial charge in [-0.3, -0.25) is 0 Å². The van der Waals surface area contributed by atoms with Crippen LogP contribution in [-0.2, 0) is 0 Å². The summed E-state index contributed by atoms with van der Waals surface area (Å²) < 4.78 is 8.73. The van der Waals surface area contributed by atoms with E-state index < -0.39 is 0 Å².